The normalized spacial score (nSPS) is 32.4. The molecule has 1 aromatic heterocycles. The molecule has 104 valence electrons. The van der Waals surface area contributed by atoms with Gasteiger partial charge in [-0.25, -0.2) is 0 Å². The van der Waals surface area contributed by atoms with Gasteiger partial charge in [-0.05, 0) is 55.6 Å². The summed E-state index contributed by atoms with van der Waals surface area (Å²) >= 11 is 0. The highest BCUT2D eigenvalue weighted by Crippen LogP contribution is 2.50. The van der Waals surface area contributed by atoms with Gasteiger partial charge >= 0.3 is 0 Å². The van der Waals surface area contributed by atoms with Crippen molar-refractivity contribution >= 4 is 0 Å². The average molecular weight is 260 g/mol. The second-order valence-corrected chi connectivity index (χ2v) is 6.33. The molecule has 5 unspecified atom stereocenters. The van der Waals surface area contributed by atoms with Crippen molar-refractivity contribution in [3.8, 4) is 0 Å². The van der Waals surface area contributed by atoms with E-state index in [1.165, 1.54) is 25.7 Å². The third-order valence-electron chi connectivity index (χ3n) is 5.21. The number of hydrogen-bond donors (Lipinski definition) is 2. The molecule has 2 bridgehead atoms. The Bertz CT molecular complexity index is 408. The Labute approximate surface area is 115 Å². The van der Waals surface area contributed by atoms with E-state index in [1.807, 2.05) is 18.2 Å². The Morgan fingerprint density at radius 1 is 1.32 bits per heavy atom. The third-order valence-corrected chi connectivity index (χ3v) is 5.21. The van der Waals surface area contributed by atoms with E-state index in [4.69, 9.17) is 5.73 Å². The van der Waals surface area contributed by atoms with Gasteiger partial charge in [-0.2, -0.15) is 0 Å². The fourth-order valence-corrected chi connectivity index (χ4v) is 4.21. The number of nitrogens with zero attached hydrogens (tertiary/aromatic N) is 1. The first kappa shape index (κ1) is 13.1. The SMILES string of the molecule is NCC(c1ccccn1)C(O)CC1CC2CCC1C2. The van der Waals surface area contributed by atoms with E-state index >= 15 is 0 Å². The molecule has 1 heterocycles. The largest absolute Gasteiger partial charge is 0.392 e. The van der Waals surface area contributed by atoms with Gasteiger partial charge in [0.15, 0.2) is 0 Å². The topological polar surface area (TPSA) is 59.1 Å². The van der Waals surface area contributed by atoms with Crippen LogP contribution in [0, 0.1) is 17.8 Å². The Morgan fingerprint density at radius 2 is 2.21 bits per heavy atom. The van der Waals surface area contributed by atoms with Crippen molar-refractivity contribution in [3.63, 3.8) is 0 Å². The molecule has 5 atom stereocenters. The third kappa shape index (κ3) is 2.67. The Hall–Kier alpha value is -0.930. The van der Waals surface area contributed by atoms with Crippen molar-refractivity contribution in [2.24, 2.45) is 23.5 Å². The van der Waals surface area contributed by atoms with Crippen LogP contribution in [-0.4, -0.2) is 22.7 Å². The van der Waals surface area contributed by atoms with Crippen LogP contribution < -0.4 is 5.73 Å². The van der Waals surface area contributed by atoms with Crippen LogP contribution >= 0.6 is 0 Å². The Morgan fingerprint density at radius 3 is 2.79 bits per heavy atom. The summed E-state index contributed by atoms with van der Waals surface area (Å²) in [5.41, 5.74) is 6.79. The number of aromatic nitrogens is 1. The summed E-state index contributed by atoms with van der Waals surface area (Å²) in [4.78, 5) is 4.35. The molecule has 3 N–H and O–H groups in total. The maximum atomic E-state index is 10.5. The van der Waals surface area contributed by atoms with E-state index in [-0.39, 0.29) is 12.0 Å². The van der Waals surface area contributed by atoms with Crippen molar-refractivity contribution < 1.29 is 5.11 Å². The Balaban J connectivity index is 1.64. The van der Waals surface area contributed by atoms with E-state index < -0.39 is 0 Å². The van der Waals surface area contributed by atoms with Crippen LogP contribution in [0.3, 0.4) is 0 Å². The number of nitrogens with two attached hydrogens (primary N) is 1. The minimum absolute atomic E-state index is 0.0136. The van der Waals surface area contributed by atoms with Crippen molar-refractivity contribution in [3.05, 3.63) is 30.1 Å². The van der Waals surface area contributed by atoms with Gasteiger partial charge in [0.25, 0.3) is 0 Å². The number of fused-ring (bicyclic) bond motifs is 2. The molecular weight excluding hydrogens is 236 g/mol. The van der Waals surface area contributed by atoms with Crippen LogP contribution in [0.5, 0.6) is 0 Å². The van der Waals surface area contributed by atoms with Crippen LogP contribution in [0.4, 0.5) is 0 Å². The monoisotopic (exact) mass is 260 g/mol. The molecule has 3 nitrogen and oxygen atoms in total. The summed E-state index contributed by atoms with van der Waals surface area (Å²) < 4.78 is 0. The second kappa shape index (κ2) is 5.59. The first-order valence-electron chi connectivity index (χ1n) is 7.57. The molecule has 19 heavy (non-hydrogen) atoms. The van der Waals surface area contributed by atoms with Crippen molar-refractivity contribution in [1.29, 1.82) is 0 Å². The van der Waals surface area contributed by atoms with E-state index in [0.29, 0.717) is 12.5 Å². The van der Waals surface area contributed by atoms with Gasteiger partial charge in [-0.3, -0.25) is 4.98 Å². The predicted molar refractivity (Wildman–Crippen MR) is 75.6 cm³/mol. The summed E-state index contributed by atoms with van der Waals surface area (Å²) in [6.45, 7) is 0.471. The first-order valence-corrected chi connectivity index (χ1v) is 7.57. The zero-order chi connectivity index (χ0) is 13.2. The van der Waals surface area contributed by atoms with E-state index in [2.05, 4.69) is 4.98 Å². The molecule has 0 aromatic carbocycles. The number of hydrogen-bond acceptors (Lipinski definition) is 3. The molecular formula is C16H24N2O. The molecule has 1 aromatic rings. The van der Waals surface area contributed by atoms with Gasteiger partial charge in [0.2, 0.25) is 0 Å². The molecule has 2 aliphatic carbocycles. The summed E-state index contributed by atoms with van der Waals surface area (Å²) in [6, 6.07) is 5.84. The van der Waals surface area contributed by atoms with Crippen molar-refractivity contribution in [2.75, 3.05) is 6.54 Å². The average Bonchev–Trinajstić information content (AvgIpc) is 3.03. The van der Waals surface area contributed by atoms with Gasteiger partial charge < -0.3 is 10.8 Å². The van der Waals surface area contributed by atoms with Crippen LogP contribution in [0.15, 0.2) is 24.4 Å². The number of rotatable bonds is 5. The van der Waals surface area contributed by atoms with E-state index in [9.17, 15) is 5.11 Å². The van der Waals surface area contributed by atoms with Gasteiger partial charge in [-0.1, -0.05) is 12.5 Å². The van der Waals surface area contributed by atoms with Gasteiger partial charge in [0, 0.05) is 24.4 Å². The van der Waals surface area contributed by atoms with Crippen molar-refractivity contribution in [2.45, 2.75) is 44.1 Å². The summed E-state index contributed by atoms with van der Waals surface area (Å²) in [6.07, 6.45) is 7.85. The summed E-state index contributed by atoms with van der Waals surface area (Å²) in [7, 11) is 0. The van der Waals surface area contributed by atoms with Gasteiger partial charge in [0.05, 0.1) is 6.10 Å². The highest BCUT2D eigenvalue weighted by atomic mass is 16.3. The van der Waals surface area contributed by atoms with E-state index in [0.717, 1.165) is 24.0 Å². The molecule has 3 rings (SSSR count). The maximum Gasteiger partial charge on any atom is 0.0638 e. The van der Waals surface area contributed by atoms with Crippen LogP contribution in [0.2, 0.25) is 0 Å². The second-order valence-electron chi connectivity index (χ2n) is 6.33. The predicted octanol–water partition coefficient (Wildman–Crippen LogP) is 2.31. The molecule has 2 saturated carbocycles. The summed E-state index contributed by atoms with van der Waals surface area (Å²) in [5, 5.41) is 10.5. The van der Waals surface area contributed by atoms with Gasteiger partial charge in [-0.15, -0.1) is 0 Å². The van der Waals surface area contributed by atoms with Gasteiger partial charge in [0.1, 0.15) is 0 Å². The quantitative estimate of drug-likeness (QED) is 0.854. The first-order chi connectivity index (χ1) is 9.28. The van der Waals surface area contributed by atoms with Crippen LogP contribution in [-0.2, 0) is 0 Å². The number of aliphatic hydroxyl groups excluding tert-OH is 1. The molecule has 0 radical (unpaired) electrons. The minimum atomic E-state index is -0.343. The molecule has 0 amide bonds. The lowest BCUT2D eigenvalue weighted by atomic mass is 9.81. The molecule has 2 fully saturated rings. The minimum Gasteiger partial charge on any atom is -0.392 e. The highest BCUT2D eigenvalue weighted by Gasteiger charge is 2.40. The smallest absolute Gasteiger partial charge is 0.0638 e. The molecule has 0 aliphatic heterocycles. The zero-order valence-corrected chi connectivity index (χ0v) is 11.4. The lowest BCUT2D eigenvalue weighted by Crippen LogP contribution is -2.29. The zero-order valence-electron chi connectivity index (χ0n) is 11.4. The van der Waals surface area contributed by atoms with E-state index in [1.54, 1.807) is 6.20 Å². The molecule has 3 heteroatoms. The molecule has 2 aliphatic rings. The Kier molecular flexibility index (Phi) is 3.85. The lowest BCUT2D eigenvalue weighted by molar-refractivity contribution is 0.0998. The fraction of sp³-hybridized carbons (Fsp3) is 0.688. The standard InChI is InChI=1S/C16H24N2O/c17-10-14(15-3-1-2-6-18-15)16(19)9-13-8-11-4-5-12(13)7-11/h1-3,6,11-14,16,19H,4-5,7-10,17H2. The van der Waals surface area contributed by atoms with Crippen LogP contribution in [0.1, 0.15) is 43.7 Å². The highest BCUT2D eigenvalue weighted by molar-refractivity contribution is 5.12. The summed E-state index contributed by atoms with van der Waals surface area (Å²) in [5.74, 6) is 2.50. The molecule has 0 saturated heterocycles. The number of pyridine rings is 1. The van der Waals surface area contributed by atoms with Crippen LogP contribution in [0.25, 0.3) is 0 Å². The number of aliphatic hydroxyl groups is 1. The lowest BCUT2D eigenvalue weighted by Gasteiger charge is -2.28. The molecule has 0 spiro atoms. The fourth-order valence-electron chi connectivity index (χ4n) is 4.21. The maximum absolute atomic E-state index is 10.5. The van der Waals surface area contributed by atoms with Crippen molar-refractivity contribution in [1.82, 2.24) is 4.98 Å².